The number of hydrogen-bond acceptors (Lipinski definition) is 20. The third-order valence-corrected chi connectivity index (χ3v) is 25.8. The fourth-order valence-electron chi connectivity index (χ4n) is 18.2. The zero-order valence-corrected chi connectivity index (χ0v) is 79.6. The first kappa shape index (κ1) is 91.7. The van der Waals surface area contributed by atoms with Crippen LogP contribution >= 0.6 is 0 Å². The lowest BCUT2D eigenvalue weighted by Crippen LogP contribution is -2.36. The van der Waals surface area contributed by atoms with Crippen molar-refractivity contribution in [3.8, 4) is 90.3 Å². The molecule has 0 aliphatic carbocycles. The average Bonchev–Trinajstić information content (AvgIpc) is 1.62. The number of ether oxygens (including phenoxy) is 1. The van der Waals surface area contributed by atoms with Crippen molar-refractivity contribution in [3.05, 3.63) is 339 Å². The standard InChI is InChI=1S/C30H31N7O2.C27H27N5O.C27H26N4O2.C26H25N5O/c1-20(2)23-6-4-5-7-24(23)28-31-17-26-29(34-28)37(30(38)35(26)3)18-21-8-10-22(11-9-21)25-16-27(33-19-32-25)36-12-14-39-15-13-36;1-17(2)22-7-5-6-8-23(22)26-28-14-21-13-25(33)32(27(21)30-26)16-19-9-11-20(12-10-19)24-15-29-31(4)18(24)3;1-16(2)22-7-5-6-8-23(22)26-28-14-21-13-24(32)31(27(21)29-26)15-19-9-11-20(12-10-19)25-17(3)30-33-18(25)4;1-17(2)21-6-4-5-7-22(21)25-28-13-20-12-24(32)31(26(20)29-25)15-18-8-10-19(11-9-18)23-14-27-16-30(23)3/h4-11,16-17,19-20H,12-15,18H2,1-3H3;5-12,14-15,17H,13,16H2,1-4H3;5-12,14,16H,13,15H2,1-4H3;4-11,13-14,16-17H,12,15H2,1-3H3. The van der Waals surface area contributed by atoms with E-state index in [1.54, 1.807) is 68.3 Å². The lowest BCUT2D eigenvalue weighted by Gasteiger charge is -2.27. The number of imidazole rings is 2. The molecule has 0 N–H and O–H groups in total. The van der Waals surface area contributed by atoms with Crippen LogP contribution in [0.5, 0.6) is 0 Å². The van der Waals surface area contributed by atoms with Crippen molar-refractivity contribution in [2.75, 3.05) is 45.9 Å². The van der Waals surface area contributed by atoms with E-state index >= 15 is 0 Å². The summed E-state index contributed by atoms with van der Waals surface area (Å²) in [6.07, 6.45) is 15.3. The van der Waals surface area contributed by atoms with Gasteiger partial charge in [-0.15, -0.1) is 0 Å². The molecule has 4 aliphatic rings. The number of aryl methyl sites for hydroxylation is 5. The second-order valence-electron chi connectivity index (χ2n) is 36.4. The minimum absolute atomic E-state index is 0.0448. The Kier molecular flexibility index (Phi) is 26.6. The molecule has 0 atom stereocenters. The second kappa shape index (κ2) is 39.8. The van der Waals surface area contributed by atoms with Crippen LogP contribution in [0, 0.1) is 20.8 Å². The highest BCUT2D eigenvalue weighted by molar-refractivity contribution is 6.02. The Balaban J connectivity index is 0.000000122. The largest absolute Gasteiger partial charge is 0.378 e. The summed E-state index contributed by atoms with van der Waals surface area (Å²) in [6, 6.07) is 67.7. The number of morpholine rings is 1. The van der Waals surface area contributed by atoms with Crippen LogP contribution in [0.15, 0.2) is 259 Å². The van der Waals surface area contributed by atoms with Crippen LogP contribution in [0.2, 0.25) is 0 Å². The Morgan fingerprint density at radius 3 is 1.23 bits per heavy atom. The van der Waals surface area contributed by atoms with E-state index in [-0.39, 0.29) is 23.4 Å². The van der Waals surface area contributed by atoms with Crippen molar-refractivity contribution < 1.29 is 23.6 Å². The molecule has 27 nitrogen and oxygen atoms in total. The highest BCUT2D eigenvalue weighted by atomic mass is 16.5. The molecule has 3 amide bonds. The number of carbonyl (C=O) groups excluding carboxylic acids is 3. The van der Waals surface area contributed by atoms with Gasteiger partial charge in [0.1, 0.15) is 40.9 Å². The Morgan fingerprint density at radius 1 is 0.409 bits per heavy atom. The molecule has 9 aromatic heterocycles. The molecule has 0 bridgehead atoms. The summed E-state index contributed by atoms with van der Waals surface area (Å²) in [5.74, 6) is 8.03. The van der Waals surface area contributed by atoms with Gasteiger partial charge in [0, 0.05) is 120 Å². The summed E-state index contributed by atoms with van der Waals surface area (Å²) in [4.78, 5) is 110. The van der Waals surface area contributed by atoms with Crippen LogP contribution in [0.1, 0.15) is 157 Å². The molecule has 21 rings (SSSR count). The number of aromatic nitrogens is 17. The number of benzene rings is 8. The van der Waals surface area contributed by atoms with E-state index in [4.69, 9.17) is 29.2 Å². The second-order valence-corrected chi connectivity index (χ2v) is 36.4. The molecule has 1 fully saturated rings. The minimum atomic E-state index is -0.122. The summed E-state index contributed by atoms with van der Waals surface area (Å²) in [7, 11) is 5.68. The highest BCUT2D eigenvalue weighted by Crippen LogP contribution is 2.40. The SMILES string of the molecule is CC(C)c1ccccc1-c1ncc2c(n1)N(Cc1ccc(-c3cncn3C)cc1)C(=O)C2.CC(C)c1ccccc1-c1ncc2c(n1)n(Cc1ccc(-c3cc(N4CCOCC4)ncn3)cc1)c(=O)n2C.Cc1c(-c2ccc(CN3C(=O)Cc4cnc(-c5ccccc5C(C)C)nc43)cc2)cnn1C.Cc1noc(C)c1-c1ccc(CN2C(=O)Cc3cnc(-c4ccccc4C(C)C)nc32)cc1. The molecular formula is C110H109N21O6. The van der Waals surface area contributed by atoms with Gasteiger partial charge in [-0.25, -0.2) is 59.6 Å². The maximum atomic E-state index is 13.2. The van der Waals surface area contributed by atoms with Gasteiger partial charge in [0.05, 0.1) is 101 Å². The van der Waals surface area contributed by atoms with Crippen LogP contribution in [0.4, 0.5) is 23.3 Å². The first-order valence-electron chi connectivity index (χ1n) is 46.5. The molecule has 1 saturated heterocycles. The van der Waals surface area contributed by atoms with Gasteiger partial charge in [-0.3, -0.25) is 42.9 Å². The van der Waals surface area contributed by atoms with Crippen molar-refractivity contribution >= 4 is 52.2 Å². The zero-order chi connectivity index (χ0) is 95.4. The molecule has 27 heteroatoms. The van der Waals surface area contributed by atoms with E-state index in [1.165, 1.54) is 22.3 Å². The molecule has 0 saturated carbocycles. The summed E-state index contributed by atoms with van der Waals surface area (Å²) >= 11 is 0. The van der Waals surface area contributed by atoms with E-state index in [9.17, 15) is 19.2 Å². The molecule has 137 heavy (non-hydrogen) atoms. The van der Waals surface area contributed by atoms with Crippen LogP contribution in [0.3, 0.4) is 0 Å². The number of carbonyl (C=O) groups is 3. The van der Waals surface area contributed by atoms with Crippen molar-refractivity contribution in [1.29, 1.82) is 0 Å². The van der Waals surface area contributed by atoms with Gasteiger partial charge in [-0.05, 0) is 106 Å². The number of amides is 3. The average molecular weight is 1820 g/mol. The predicted molar refractivity (Wildman–Crippen MR) is 535 cm³/mol. The van der Waals surface area contributed by atoms with Gasteiger partial charge in [-0.2, -0.15) is 5.10 Å². The first-order chi connectivity index (χ1) is 66.3. The number of fused-ring (bicyclic) bond motifs is 4. The molecule has 690 valence electrons. The molecule has 0 spiro atoms. The van der Waals surface area contributed by atoms with E-state index < -0.39 is 0 Å². The zero-order valence-electron chi connectivity index (χ0n) is 79.6. The molecular weight excluding hydrogens is 1710 g/mol. The smallest absolute Gasteiger partial charge is 0.330 e. The Morgan fingerprint density at radius 2 is 0.818 bits per heavy atom. The molecule has 13 heterocycles. The van der Waals surface area contributed by atoms with Gasteiger partial charge in [-0.1, -0.05) is 255 Å². The summed E-state index contributed by atoms with van der Waals surface area (Å²) in [5.41, 5.74) is 27.1. The van der Waals surface area contributed by atoms with Gasteiger partial charge >= 0.3 is 5.69 Å². The Labute approximate surface area is 796 Å². The van der Waals surface area contributed by atoms with Crippen molar-refractivity contribution in [1.82, 2.24) is 83.5 Å². The van der Waals surface area contributed by atoms with Gasteiger partial charge < -0.3 is 18.7 Å². The third kappa shape index (κ3) is 19.4. The van der Waals surface area contributed by atoms with Crippen LogP contribution in [-0.2, 0) is 85.7 Å². The van der Waals surface area contributed by atoms with E-state index in [2.05, 4.69) is 197 Å². The van der Waals surface area contributed by atoms with Crippen molar-refractivity contribution in [2.24, 2.45) is 21.1 Å². The predicted octanol–water partition coefficient (Wildman–Crippen LogP) is 19.7. The monoisotopic (exact) mass is 1820 g/mol. The molecule has 8 aromatic carbocycles. The van der Waals surface area contributed by atoms with Gasteiger partial charge in [0.2, 0.25) is 17.7 Å². The normalized spacial score (nSPS) is 13.3. The van der Waals surface area contributed by atoms with Gasteiger partial charge in [0.15, 0.2) is 28.9 Å². The number of hydrogen-bond donors (Lipinski definition) is 0. The maximum Gasteiger partial charge on any atom is 0.330 e. The Hall–Kier alpha value is -15.8. The third-order valence-electron chi connectivity index (χ3n) is 25.8. The van der Waals surface area contributed by atoms with Crippen LogP contribution in [-0.4, -0.2) is 127 Å². The van der Waals surface area contributed by atoms with Crippen LogP contribution in [0.25, 0.3) is 101 Å². The number of nitrogens with zero attached hydrogens (tertiary/aromatic N) is 21. The van der Waals surface area contributed by atoms with Gasteiger partial charge in [0.25, 0.3) is 0 Å². The van der Waals surface area contributed by atoms with E-state index in [0.29, 0.717) is 128 Å². The quantitative estimate of drug-likeness (QED) is 0.0645. The summed E-state index contributed by atoms with van der Waals surface area (Å²) in [5, 5.41) is 8.37. The van der Waals surface area contributed by atoms with Crippen molar-refractivity contribution in [2.45, 2.75) is 145 Å². The highest BCUT2D eigenvalue weighted by Gasteiger charge is 2.35. The summed E-state index contributed by atoms with van der Waals surface area (Å²) in [6.45, 7) is 28.1. The molecule has 4 aliphatic heterocycles. The number of anilines is 4. The molecule has 0 radical (unpaired) electrons. The topological polar surface area (TPSA) is 291 Å². The van der Waals surface area contributed by atoms with Crippen LogP contribution < -0.4 is 25.3 Å². The fourth-order valence-corrected chi connectivity index (χ4v) is 18.2. The summed E-state index contributed by atoms with van der Waals surface area (Å²) < 4.78 is 17.9. The maximum absolute atomic E-state index is 13.2. The number of rotatable bonds is 21. The molecule has 17 aromatic rings. The lowest BCUT2D eigenvalue weighted by atomic mass is 9.97. The molecule has 0 unspecified atom stereocenters. The van der Waals surface area contributed by atoms with Crippen molar-refractivity contribution in [3.63, 3.8) is 0 Å². The Bertz CT molecular complexity index is 7370. The minimum Gasteiger partial charge on any atom is -0.378 e. The van der Waals surface area contributed by atoms with E-state index in [1.807, 2.05) is 165 Å². The van der Waals surface area contributed by atoms with E-state index in [0.717, 1.165) is 148 Å². The fraction of sp³-hybridized carbons (Fsp3) is 0.264. The lowest BCUT2D eigenvalue weighted by molar-refractivity contribution is -0.118. The first-order valence-corrected chi connectivity index (χ1v) is 46.5.